The summed E-state index contributed by atoms with van der Waals surface area (Å²) in [4.78, 5) is 27.9. The normalized spacial score (nSPS) is 17.5. The molecule has 1 unspecified atom stereocenters. The van der Waals surface area contributed by atoms with Gasteiger partial charge in [-0.3, -0.25) is 14.9 Å². The van der Waals surface area contributed by atoms with Crippen LogP contribution < -0.4 is 4.90 Å². The summed E-state index contributed by atoms with van der Waals surface area (Å²) in [7, 11) is 0. The molecule has 3 rings (SSSR count). The highest BCUT2D eigenvalue weighted by atomic mass is 16.6. The van der Waals surface area contributed by atoms with Crippen LogP contribution in [-0.2, 0) is 4.79 Å². The fourth-order valence-electron chi connectivity index (χ4n) is 2.95. The van der Waals surface area contributed by atoms with Crippen LogP contribution in [0.25, 0.3) is 10.9 Å². The van der Waals surface area contributed by atoms with Crippen LogP contribution in [0, 0.1) is 27.4 Å². The van der Waals surface area contributed by atoms with Gasteiger partial charge in [-0.2, -0.15) is 5.26 Å². The Morgan fingerprint density at radius 3 is 2.92 bits per heavy atom. The lowest BCUT2D eigenvalue weighted by atomic mass is 9.98. The van der Waals surface area contributed by atoms with Gasteiger partial charge in [0.05, 0.1) is 28.0 Å². The van der Waals surface area contributed by atoms with E-state index in [0.717, 1.165) is 6.42 Å². The van der Waals surface area contributed by atoms with Gasteiger partial charge < -0.3 is 10.0 Å². The highest BCUT2D eigenvalue weighted by Gasteiger charge is 2.26. The molecule has 0 bridgehead atoms. The molecule has 24 heavy (non-hydrogen) atoms. The van der Waals surface area contributed by atoms with Crippen LogP contribution in [0.5, 0.6) is 0 Å². The summed E-state index contributed by atoms with van der Waals surface area (Å²) in [6.45, 7) is 1.01. The molecule has 8 nitrogen and oxygen atoms in total. The van der Waals surface area contributed by atoms with Crippen molar-refractivity contribution in [1.29, 1.82) is 5.26 Å². The number of rotatable bonds is 3. The predicted octanol–water partition coefficient (Wildman–Crippen LogP) is 2.32. The molecule has 0 amide bonds. The summed E-state index contributed by atoms with van der Waals surface area (Å²) in [6, 6.07) is 7.80. The Hall–Kier alpha value is -3.21. The molecule has 0 aliphatic carbocycles. The standard InChI is InChI=1S/C16H14N4O4/c17-8-11-6-15(19-5-1-2-10(9-19)16(21)22)18-14-4-3-12(20(23)24)7-13(11)14/h3-4,6-7,10H,1-2,5,9H2,(H,21,22). The molecule has 1 aromatic heterocycles. The monoisotopic (exact) mass is 326 g/mol. The van der Waals surface area contributed by atoms with Gasteiger partial charge in [-0.15, -0.1) is 0 Å². The maximum Gasteiger partial charge on any atom is 0.308 e. The first-order valence-electron chi connectivity index (χ1n) is 7.46. The van der Waals surface area contributed by atoms with Crippen LogP contribution in [0.1, 0.15) is 18.4 Å². The molecular weight excluding hydrogens is 312 g/mol. The first-order chi connectivity index (χ1) is 11.5. The Morgan fingerprint density at radius 2 is 2.25 bits per heavy atom. The molecule has 1 N–H and O–H groups in total. The molecule has 2 aromatic rings. The summed E-state index contributed by atoms with van der Waals surface area (Å²) in [5.41, 5.74) is 0.667. The van der Waals surface area contributed by atoms with E-state index in [1.54, 1.807) is 6.07 Å². The first-order valence-corrected chi connectivity index (χ1v) is 7.46. The maximum absolute atomic E-state index is 11.2. The van der Waals surface area contributed by atoms with Crippen molar-refractivity contribution in [3.8, 4) is 6.07 Å². The van der Waals surface area contributed by atoms with Gasteiger partial charge in [-0.05, 0) is 25.0 Å². The molecule has 122 valence electrons. The minimum Gasteiger partial charge on any atom is -0.481 e. The number of nitro benzene ring substituents is 1. The van der Waals surface area contributed by atoms with Gasteiger partial charge in [0.25, 0.3) is 5.69 Å². The van der Waals surface area contributed by atoms with E-state index in [1.165, 1.54) is 18.2 Å². The third-order valence-corrected chi connectivity index (χ3v) is 4.20. The number of fused-ring (bicyclic) bond motifs is 1. The first kappa shape index (κ1) is 15.7. The lowest BCUT2D eigenvalue weighted by Gasteiger charge is -2.31. The average molecular weight is 326 g/mol. The summed E-state index contributed by atoms with van der Waals surface area (Å²) >= 11 is 0. The molecule has 0 radical (unpaired) electrons. The fourth-order valence-corrected chi connectivity index (χ4v) is 2.95. The quantitative estimate of drug-likeness (QED) is 0.678. The van der Waals surface area contributed by atoms with Gasteiger partial charge in [0.15, 0.2) is 0 Å². The molecule has 8 heteroatoms. The second-order valence-electron chi connectivity index (χ2n) is 5.72. The zero-order chi connectivity index (χ0) is 17.3. The minimum absolute atomic E-state index is 0.0996. The molecule has 1 saturated heterocycles. The van der Waals surface area contributed by atoms with Crippen molar-refractivity contribution in [1.82, 2.24) is 4.98 Å². The molecule has 2 heterocycles. The number of carboxylic acid groups (broad SMARTS) is 1. The van der Waals surface area contributed by atoms with Crippen molar-refractivity contribution in [2.24, 2.45) is 5.92 Å². The average Bonchev–Trinajstić information content (AvgIpc) is 2.60. The third-order valence-electron chi connectivity index (χ3n) is 4.20. The van der Waals surface area contributed by atoms with Crippen molar-refractivity contribution < 1.29 is 14.8 Å². The number of carboxylic acids is 1. The Kier molecular flexibility index (Phi) is 4.00. The number of hydrogen-bond donors (Lipinski definition) is 1. The summed E-state index contributed by atoms with van der Waals surface area (Å²) in [5, 5.41) is 29.9. The predicted molar refractivity (Wildman–Crippen MR) is 85.7 cm³/mol. The Bertz CT molecular complexity index is 874. The van der Waals surface area contributed by atoms with E-state index in [0.29, 0.717) is 36.2 Å². The number of nitriles is 1. The second-order valence-corrected chi connectivity index (χ2v) is 5.72. The number of anilines is 1. The fraction of sp³-hybridized carbons (Fsp3) is 0.312. The topological polar surface area (TPSA) is 120 Å². The van der Waals surface area contributed by atoms with Gasteiger partial charge in [0.2, 0.25) is 0 Å². The maximum atomic E-state index is 11.2. The Morgan fingerprint density at radius 1 is 1.46 bits per heavy atom. The second kappa shape index (κ2) is 6.12. The van der Waals surface area contributed by atoms with Crippen LogP contribution in [0.2, 0.25) is 0 Å². The highest BCUT2D eigenvalue weighted by molar-refractivity contribution is 5.88. The van der Waals surface area contributed by atoms with Crippen molar-refractivity contribution in [2.45, 2.75) is 12.8 Å². The van der Waals surface area contributed by atoms with Gasteiger partial charge in [0, 0.05) is 30.6 Å². The zero-order valence-corrected chi connectivity index (χ0v) is 12.7. The zero-order valence-electron chi connectivity index (χ0n) is 12.7. The van der Waals surface area contributed by atoms with Gasteiger partial charge >= 0.3 is 5.97 Å². The van der Waals surface area contributed by atoms with Crippen LogP contribution >= 0.6 is 0 Å². The van der Waals surface area contributed by atoms with Gasteiger partial charge in [-0.25, -0.2) is 4.98 Å². The molecule has 0 saturated carbocycles. The van der Waals surface area contributed by atoms with E-state index in [4.69, 9.17) is 0 Å². The van der Waals surface area contributed by atoms with Gasteiger partial charge in [-0.1, -0.05) is 0 Å². The SMILES string of the molecule is N#Cc1cc(N2CCCC(C(=O)O)C2)nc2ccc([N+](=O)[O-])cc12. The lowest BCUT2D eigenvalue weighted by Crippen LogP contribution is -2.39. The third kappa shape index (κ3) is 2.84. The van der Waals surface area contributed by atoms with Crippen LogP contribution in [0.15, 0.2) is 24.3 Å². The van der Waals surface area contributed by atoms with E-state index in [2.05, 4.69) is 4.98 Å². The minimum atomic E-state index is -0.836. The highest BCUT2D eigenvalue weighted by Crippen LogP contribution is 2.28. The molecule has 1 atom stereocenters. The number of benzene rings is 1. The molecule has 1 aromatic carbocycles. The molecule has 1 aliphatic heterocycles. The molecule has 1 fully saturated rings. The largest absolute Gasteiger partial charge is 0.481 e. The number of nitrogens with zero attached hydrogens (tertiary/aromatic N) is 4. The number of nitro groups is 1. The van der Waals surface area contributed by atoms with Crippen LogP contribution in [0.4, 0.5) is 11.5 Å². The van der Waals surface area contributed by atoms with Crippen LogP contribution in [-0.4, -0.2) is 34.1 Å². The smallest absolute Gasteiger partial charge is 0.308 e. The van der Waals surface area contributed by atoms with Crippen molar-refractivity contribution in [3.05, 3.63) is 39.9 Å². The number of aromatic nitrogens is 1. The van der Waals surface area contributed by atoms with Crippen molar-refractivity contribution in [3.63, 3.8) is 0 Å². The van der Waals surface area contributed by atoms with Crippen LogP contribution in [0.3, 0.4) is 0 Å². The van der Waals surface area contributed by atoms with Crippen molar-refractivity contribution >= 4 is 28.4 Å². The number of non-ortho nitro benzene ring substituents is 1. The Balaban J connectivity index is 2.04. The van der Waals surface area contributed by atoms with E-state index >= 15 is 0 Å². The number of hydrogen-bond acceptors (Lipinski definition) is 6. The summed E-state index contributed by atoms with van der Waals surface area (Å²) < 4.78 is 0. The number of piperidine rings is 1. The lowest BCUT2D eigenvalue weighted by molar-refractivity contribution is -0.384. The number of aliphatic carboxylic acids is 1. The molecule has 0 spiro atoms. The molecular formula is C16H14N4O4. The van der Waals surface area contributed by atoms with E-state index in [9.17, 15) is 25.3 Å². The summed E-state index contributed by atoms with van der Waals surface area (Å²) in [6.07, 6.45) is 1.36. The molecule has 1 aliphatic rings. The number of carbonyl (C=O) groups is 1. The Labute approximate surface area is 137 Å². The summed E-state index contributed by atoms with van der Waals surface area (Å²) in [5.74, 6) is -0.769. The van der Waals surface area contributed by atoms with E-state index in [-0.39, 0.29) is 11.3 Å². The van der Waals surface area contributed by atoms with E-state index in [1.807, 2.05) is 11.0 Å². The number of pyridine rings is 1. The van der Waals surface area contributed by atoms with Crippen molar-refractivity contribution in [2.75, 3.05) is 18.0 Å². The van der Waals surface area contributed by atoms with E-state index < -0.39 is 16.8 Å². The van der Waals surface area contributed by atoms with Gasteiger partial charge in [0.1, 0.15) is 5.82 Å².